The first-order chi connectivity index (χ1) is 11.3. The zero-order valence-electron chi connectivity index (χ0n) is 12.9. The van der Waals surface area contributed by atoms with Crippen LogP contribution in [0.1, 0.15) is 28.1 Å². The second-order valence-electron chi connectivity index (χ2n) is 4.92. The van der Waals surface area contributed by atoms with E-state index in [2.05, 4.69) is 15.3 Å². The summed E-state index contributed by atoms with van der Waals surface area (Å²) in [5, 5.41) is 21.2. The highest BCUT2D eigenvalue weighted by Crippen LogP contribution is 2.34. The lowest BCUT2D eigenvalue weighted by Gasteiger charge is -2.14. The molecule has 3 N–H and O–H groups in total. The maximum absolute atomic E-state index is 11.8. The number of hydrogen-bond acceptors (Lipinski definition) is 8. The highest BCUT2D eigenvalue weighted by Gasteiger charge is 2.23. The summed E-state index contributed by atoms with van der Waals surface area (Å²) in [4.78, 5) is 42.8. The number of carboxylic acid groups (broad SMARTS) is 2. The first-order valence-corrected chi connectivity index (χ1v) is 7.70. The largest absolute Gasteiger partial charge is 0.481 e. The van der Waals surface area contributed by atoms with E-state index in [0.717, 1.165) is 11.3 Å². The van der Waals surface area contributed by atoms with E-state index in [1.807, 2.05) is 0 Å². The van der Waals surface area contributed by atoms with Crippen LogP contribution in [-0.2, 0) is 14.3 Å². The van der Waals surface area contributed by atoms with Crippen LogP contribution >= 0.6 is 11.3 Å². The number of aryl methyl sites for hydroxylation is 1. The number of aromatic nitrogens is 2. The van der Waals surface area contributed by atoms with E-state index in [1.54, 1.807) is 6.92 Å². The number of carboxylic acids is 2. The zero-order valence-corrected chi connectivity index (χ0v) is 13.7. The van der Waals surface area contributed by atoms with Crippen LogP contribution in [0.25, 0.3) is 10.2 Å². The SMILES string of the molecule is COC(=O)c1sc2ncnc(NC(CCC(=O)O)C(=O)O)c2c1C. The van der Waals surface area contributed by atoms with Crippen molar-refractivity contribution in [2.45, 2.75) is 25.8 Å². The molecule has 0 aliphatic rings. The molecule has 0 aromatic carbocycles. The lowest BCUT2D eigenvalue weighted by Crippen LogP contribution is -2.30. The Balaban J connectivity index is 2.40. The monoisotopic (exact) mass is 353 g/mol. The summed E-state index contributed by atoms with van der Waals surface area (Å²) in [6.45, 7) is 1.69. The molecule has 0 aliphatic heterocycles. The third-order valence-corrected chi connectivity index (χ3v) is 4.53. The van der Waals surface area contributed by atoms with Gasteiger partial charge in [0.2, 0.25) is 0 Å². The third kappa shape index (κ3) is 3.59. The maximum atomic E-state index is 11.8. The molecule has 128 valence electrons. The molecule has 0 spiro atoms. The molecule has 10 heteroatoms. The minimum absolute atomic E-state index is 0.108. The van der Waals surface area contributed by atoms with Crippen LogP contribution in [0.15, 0.2) is 6.33 Å². The lowest BCUT2D eigenvalue weighted by molar-refractivity contribution is -0.139. The van der Waals surface area contributed by atoms with Crippen molar-refractivity contribution < 1.29 is 29.3 Å². The topological polar surface area (TPSA) is 139 Å². The van der Waals surface area contributed by atoms with Crippen LogP contribution in [0.4, 0.5) is 5.82 Å². The normalized spacial score (nSPS) is 11.9. The van der Waals surface area contributed by atoms with Crippen LogP contribution in [0, 0.1) is 6.92 Å². The fourth-order valence-electron chi connectivity index (χ4n) is 2.16. The maximum Gasteiger partial charge on any atom is 0.348 e. The fourth-order valence-corrected chi connectivity index (χ4v) is 3.23. The summed E-state index contributed by atoms with van der Waals surface area (Å²) in [6, 6.07) is -1.12. The van der Waals surface area contributed by atoms with Gasteiger partial charge in [0.1, 0.15) is 27.9 Å². The van der Waals surface area contributed by atoms with E-state index in [1.165, 1.54) is 13.4 Å². The number of carbonyl (C=O) groups excluding carboxylic acids is 1. The molecule has 0 saturated heterocycles. The first-order valence-electron chi connectivity index (χ1n) is 6.88. The van der Waals surface area contributed by atoms with Crippen molar-refractivity contribution in [3.8, 4) is 0 Å². The number of esters is 1. The van der Waals surface area contributed by atoms with Crippen molar-refractivity contribution >= 4 is 45.3 Å². The van der Waals surface area contributed by atoms with E-state index in [-0.39, 0.29) is 18.7 Å². The highest BCUT2D eigenvalue weighted by molar-refractivity contribution is 7.20. The Hall–Kier alpha value is -2.75. The smallest absolute Gasteiger partial charge is 0.348 e. The van der Waals surface area contributed by atoms with Crippen molar-refractivity contribution in [3.63, 3.8) is 0 Å². The standard InChI is InChI=1S/C14H15N3O6S/c1-6-9-11(17-7(13(20)21)3-4-8(18)19)15-5-16-12(9)24-10(6)14(22)23-2/h5,7H,3-4H2,1-2H3,(H,18,19)(H,20,21)(H,15,16,17). The number of thiophene rings is 1. The molecule has 0 fully saturated rings. The van der Waals surface area contributed by atoms with Gasteiger partial charge in [-0.15, -0.1) is 11.3 Å². The summed E-state index contributed by atoms with van der Waals surface area (Å²) in [5.74, 6) is -2.55. The second-order valence-corrected chi connectivity index (χ2v) is 5.92. The molecule has 2 heterocycles. The van der Waals surface area contributed by atoms with Gasteiger partial charge < -0.3 is 20.3 Å². The molecule has 24 heavy (non-hydrogen) atoms. The van der Waals surface area contributed by atoms with Crippen LogP contribution in [-0.4, -0.2) is 51.2 Å². The quantitative estimate of drug-likeness (QED) is 0.632. The predicted molar refractivity (Wildman–Crippen MR) is 85.4 cm³/mol. The first kappa shape index (κ1) is 17.6. The molecule has 0 saturated carbocycles. The predicted octanol–water partition coefficient (Wildman–Crippen LogP) is 1.52. The third-order valence-electron chi connectivity index (χ3n) is 3.35. The molecule has 2 rings (SSSR count). The zero-order chi connectivity index (χ0) is 17.9. The molecule has 0 amide bonds. The number of aliphatic carboxylic acids is 2. The average molecular weight is 353 g/mol. The Morgan fingerprint density at radius 1 is 1.33 bits per heavy atom. The molecule has 2 aromatic rings. The minimum Gasteiger partial charge on any atom is -0.481 e. The number of nitrogens with one attached hydrogen (secondary N) is 1. The Bertz CT molecular complexity index is 803. The van der Waals surface area contributed by atoms with Gasteiger partial charge in [0.25, 0.3) is 0 Å². The Morgan fingerprint density at radius 3 is 2.62 bits per heavy atom. The number of fused-ring (bicyclic) bond motifs is 1. The number of ether oxygens (including phenoxy) is 1. The number of carbonyl (C=O) groups is 3. The van der Waals surface area contributed by atoms with E-state index >= 15 is 0 Å². The number of nitrogens with zero attached hydrogens (tertiary/aromatic N) is 2. The van der Waals surface area contributed by atoms with Crippen molar-refractivity contribution in [2.75, 3.05) is 12.4 Å². The van der Waals surface area contributed by atoms with Gasteiger partial charge in [-0.25, -0.2) is 19.6 Å². The van der Waals surface area contributed by atoms with E-state index in [9.17, 15) is 19.5 Å². The molecular weight excluding hydrogens is 338 g/mol. The molecule has 1 atom stereocenters. The van der Waals surface area contributed by atoms with Crippen LogP contribution in [0.2, 0.25) is 0 Å². The van der Waals surface area contributed by atoms with Gasteiger partial charge >= 0.3 is 17.9 Å². The molecule has 0 bridgehead atoms. The lowest BCUT2D eigenvalue weighted by atomic mass is 10.1. The van der Waals surface area contributed by atoms with E-state index in [4.69, 9.17) is 9.84 Å². The van der Waals surface area contributed by atoms with Crippen molar-refractivity contribution in [1.29, 1.82) is 0 Å². The van der Waals surface area contributed by atoms with Gasteiger partial charge in [0, 0.05) is 6.42 Å². The van der Waals surface area contributed by atoms with Crippen molar-refractivity contribution in [2.24, 2.45) is 0 Å². The highest BCUT2D eigenvalue weighted by atomic mass is 32.1. The van der Waals surface area contributed by atoms with Gasteiger partial charge in [-0.1, -0.05) is 0 Å². The minimum atomic E-state index is -1.19. The molecule has 0 aliphatic carbocycles. The van der Waals surface area contributed by atoms with E-state index in [0.29, 0.717) is 20.7 Å². The van der Waals surface area contributed by atoms with Crippen molar-refractivity contribution in [1.82, 2.24) is 9.97 Å². The number of anilines is 1. The number of hydrogen-bond donors (Lipinski definition) is 3. The summed E-state index contributed by atoms with van der Waals surface area (Å²) >= 11 is 1.12. The summed E-state index contributed by atoms with van der Waals surface area (Å²) in [5.41, 5.74) is 0.576. The molecular formula is C14H15N3O6S. The van der Waals surface area contributed by atoms with Crippen LogP contribution < -0.4 is 5.32 Å². The molecule has 2 aromatic heterocycles. The number of methoxy groups -OCH3 is 1. The van der Waals surface area contributed by atoms with Gasteiger partial charge in [-0.05, 0) is 18.9 Å². The number of rotatable bonds is 7. The molecule has 0 radical (unpaired) electrons. The van der Waals surface area contributed by atoms with Crippen molar-refractivity contribution in [3.05, 3.63) is 16.8 Å². The second kappa shape index (κ2) is 7.21. The Kier molecular flexibility index (Phi) is 5.29. The van der Waals surface area contributed by atoms with Crippen LogP contribution in [0.3, 0.4) is 0 Å². The fraction of sp³-hybridized carbons (Fsp3) is 0.357. The summed E-state index contributed by atoms with van der Waals surface area (Å²) in [6.07, 6.45) is 0.842. The van der Waals surface area contributed by atoms with Gasteiger partial charge in [0.05, 0.1) is 12.5 Å². The van der Waals surface area contributed by atoms with Crippen LogP contribution in [0.5, 0.6) is 0 Å². The van der Waals surface area contributed by atoms with Gasteiger partial charge in [-0.3, -0.25) is 4.79 Å². The molecule has 9 nitrogen and oxygen atoms in total. The van der Waals surface area contributed by atoms with Gasteiger partial charge in [-0.2, -0.15) is 0 Å². The van der Waals surface area contributed by atoms with Gasteiger partial charge in [0.15, 0.2) is 0 Å². The Morgan fingerprint density at radius 2 is 2.04 bits per heavy atom. The van der Waals surface area contributed by atoms with E-state index < -0.39 is 23.9 Å². The summed E-state index contributed by atoms with van der Waals surface area (Å²) in [7, 11) is 1.27. The summed E-state index contributed by atoms with van der Waals surface area (Å²) < 4.78 is 4.71. The Labute approximate surface area is 140 Å². The average Bonchev–Trinajstić information content (AvgIpc) is 2.88. The molecule has 1 unspecified atom stereocenters.